The zero-order valence-electron chi connectivity index (χ0n) is 12.0. The third kappa shape index (κ3) is 3.18. The van der Waals surface area contributed by atoms with Crippen LogP contribution in [-0.4, -0.2) is 51.3 Å². The quantitative estimate of drug-likeness (QED) is 0.928. The molecule has 0 saturated carbocycles. The fraction of sp³-hybridized carbons (Fsp3) is 0.500. The molecule has 21 heavy (non-hydrogen) atoms. The second kappa shape index (κ2) is 6.17. The lowest BCUT2D eigenvalue weighted by molar-refractivity contribution is 0.194. The molecule has 1 saturated heterocycles. The van der Waals surface area contributed by atoms with Gasteiger partial charge in [0.2, 0.25) is 0 Å². The van der Waals surface area contributed by atoms with Gasteiger partial charge in [-0.1, -0.05) is 6.42 Å². The lowest BCUT2D eigenvalue weighted by atomic mass is 10.0. The number of rotatable bonds is 4. The molecule has 1 N–H and O–H groups in total. The summed E-state index contributed by atoms with van der Waals surface area (Å²) in [7, 11) is 2.12. The number of tetrazole rings is 1. The molecule has 1 aromatic carbocycles. The van der Waals surface area contributed by atoms with Crippen LogP contribution >= 0.6 is 0 Å². The maximum Gasteiger partial charge on any atom is 0.146 e. The van der Waals surface area contributed by atoms with Gasteiger partial charge in [0.25, 0.3) is 0 Å². The predicted molar refractivity (Wildman–Crippen MR) is 77.9 cm³/mol. The van der Waals surface area contributed by atoms with Crippen LogP contribution in [-0.2, 0) is 0 Å². The molecule has 0 bridgehead atoms. The van der Waals surface area contributed by atoms with Gasteiger partial charge < -0.3 is 10.2 Å². The zero-order valence-corrected chi connectivity index (χ0v) is 12.0. The Bertz CT molecular complexity index is 585. The highest BCUT2D eigenvalue weighted by Crippen LogP contribution is 2.20. The number of likely N-dealkylation sites (tertiary alicyclic amines) is 1. The maximum absolute atomic E-state index is 13.9. The molecule has 1 fully saturated rings. The van der Waals surface area contributed by atoms with Crippen molar-refractivity contribution in [2.24, 2.45) is 0 Å². The molecule has 1 aliphatic heterocycles. The van der Waals surface area contributed by atoms with Gasteiger partial charge in [-0.05, 0) is 55.1 Å². The first-order valence-corrected chi connectivity index (χ1v) is 7.21. The highest BCUT2D eigenvalue weighted by Gasteiger charge is 2.18. The van der Waals surface area contributed by atoms with E-state index in [0.29, 0.717) is 11.7 Å². The van der Waals surface area contributed by atoms with Crippen molar-refractivity contribution in [3.63, 3.8) is 0 Å². The summed E-state index contributed by atoms with van der Waals surface area (Å²) in [6.07, 6.45) is 5.13. The fourth-order valence-electron chi connectivity index (χ4n) is 2.70. The van der Waals surface area contributed by atoms with Crippen LogP contribution in [0.15, 0.2) is 24.5 Å². The minimum Gasteiger partial charge on any atom is -0.381 e. The summed E-state index contributed by atoms with van der Waals surface area (Å²) in [6, 6.07) is 5.28. The molecule has 2 aromatic rings. The lowest BCUT2D eigenvalue weighted by Gasteiger charge is -2.32. The number of hydrogen-bond donors (Lipinski definition) is 1. The van der Waals surface area contributed by atoms with Crippen LogP contribution in [0.3, 0.4) is 0 Å². The molecule has 0 aliphatic carbocycles. The second-order valence-corrected chi connectivity index (χ2v) is 5.43. The van der Waals surface area contributed by atoms with Gasteiger partial charge in [-0.2, -0.15) is 0 Å². The highest BCUT2D eigenvalue weighted by atomic mass is 19.1. The normalized spacial score (nSPS) is 19.6. The zero-order chi connectivity index (χ0) is 14.7. The summed E-state index contributed by atoms with van der Waals surface area (Å²) in [5.74, 6) is -0.259. The Morgan fingerprint density at radius 1 is 1.38 bits per heavy atom. The SMILES string of the molecule is CN1CCCCC1CNc1cc(-n2cnnn2)ccc1F. The molecule has 7 heteroatoms. The van der Waals surface area contributed by atoms with Crippen LogP contribution in [0.2, 0.25) is 0 Å². The summed E-state index contributed by atoms with van der Waals surface area (Å²) in [5.41, 5.74) is 1.22. The van der Waals surface area contributed by atoms with Gasteiger partial charge in [0.05, 0.1) is 11.4 Å². The lowest BCUT2D eigenvalue weighted by Crippen LogP contribution is -2.40. The third-order valence-corrected chi connectivity index (χ3v) is 4.01. The monoisotopic (exact) mass is 290 g/mol. The fourth-order valence-corrected chi connectivity index (χ4v) is 2.70. The van der Waals surface area contributed by atoms with E-state index in [4.69, 9.17) is 0 Å². The van der Waals surface area contributed by atoms with Crippen LogP contribution in [0.4, 0.5) is 10.1 Å². The molecule has 3 rings (SSSR count). The number of aromatic nitrogens is 4. The highest BCUT2D eigenvalue weighted by molar-refractivity contribution is 5.52. The average molecular weight is 290 g/mol. The first-order chi connectivity index (χ1) is 10.2. The van der Waals surface area contributed by atoms with E-state index in [2.05, 4.69) is 32.8 Å². The van der Waals surface area contributed by atoms with Crippen molar-refractivity contribution in [2.45, 2.75) is 25.3 Å². The average Bonchev–Trinajstić information content (AvgIpc) is 3.02. The van der Waals surface area contributed by atoms with Crippen molar-refractivity contribution in [3.05, 3.63) is 30.3 Å². The molecular formula is C14H19FN6. The molecular weight excluding hydrogens is 271 g/mol. The van der Waals surface area contributed by atoms with Crippen molar-refractivity contribution in [1.29, 1.82) is 0 Å². The van der Waals surface area contributed by atoms with E-state index in [1.807, 2.05) is 0 Å². The Labute approximate surface area is 122 Å². The largest absolute Gasteiger partial charge is 0.381 e. The van der Waals surface area contributed by atoms with Crippen LogP contribution in [0.1, 0.15) is 19.3 Å². The Hall–Kier alpha value is -2.02. The number of piperidine rings is 1. The summed E-state index contributed by atoms with van der Waals surface area (Å²) in [6.45, 7) is 1.85. The van der Waals surface area contributed by atoms with Gasteiger partial charge in [0, 0.05) is 12.6 Å². The Balaban J connectivity index is 1.71. The number of benzene rings is 1. The van der Waals surface area contributed by atoms with Crippen LogP contribution in [0, 0.1) is 5.82 Å². The molecule has 1 aliphatic rings. The van der Waals surface area contributed by atoms with Gasteiger partial charge in [0.1, 0.15) is 12.1 Å². The first kappa shape index (κ1) is 13.9. The van der Waals surface area contributed by atoms with Crippen molar-refractivity contribution < 1.29 is 4.39 Å². The Kier molecular flexibility index (Phi) is 4.10. The molecule has 0 spiro atoms. The standard InChI is InChI=1S/C14H19FN6/c1-20-7-3-2-4-12(20)9-16-14-8-11(5-6-13(14)15)21-10-17-18-19-21/h5-6,8,10,12,16H,2-4,7,9H2,1H3. The first-order valence-electron chi connectivity index (χ1n) is 7.21. The van der Waals surface area contributed by atoms with Crippen molar-refractivity contribution in [3.8, 4) is 5.69 Å². The van der Waals surface area contributed by atoms with Crippen molar-refractivity contribution in [2.75, 3.05) is 25.5 Å². The summed E-state index contributed by atoms with van der Waals surface area (Å²) in [4.78, 5) is 2.33. The number of nitrogens with one attached hydrogen (secondary N) is 1. The van der Waals surface area contributed by atoms with Gasteiger partial charge in [-0.25, -0.2) is 9.07 Å². The van der Waals surface area contributed by atoms with E-state index in [1.54, 1.807) is 12.1 Å². The third-order valence-electron chi connectivity index (χ3n) is 4.01. The van der Waals surface area contributed by atoms with E-state index in [0.717, 1.165) is 25.2 Å². The number of halogens is 1. The summed E-state index contributed by atoms with van der Waals surface area (Å²) in [5, 5.41) is 14.2. The topological polar surface area (TPSA) is 58.9 Å². The van der Waals surface area contributed by atoms with Crippen LogP contribution in [0.5, 0.6) is 0 Å². The Morgan fingerprint density at radius 2 is 2.29 bits per heavy atom. The van der Waals surface area contributed by atoms with E-state index in [9.17, 15) is 4.39 Å². The number of anilines is 1. The minimum atomic E-state index is -0.259. The molecule has 0 amide bonds. The van der Waals surface area contributed by atoms with Gasteiger partial charge in [-0.3, -0.25) is 0 Å². The molecule has 112 valence electrons. The second-order valence-electron chi connectivity index (χ2n) is 5.43. The predicted octanol–water partition coefficient (Wildman–Crippen LogP) is 1.70. The number of likely N-dealkylation sites (N-methyl/N-ethyl adjacent to an activating group) is 1. The van der Waals surface area contributed by atoms with Gasteiger partial charge >= 0.3 is 0 Å². The number of hydrogen-bond acceptors (Lipinski definition) is 5. The smallest absolute Gasteiger partial charge is 0.146 e. The molecule has 0 radical (unpaired) electrons. The van der Waals surface area contributed by atoms with E-state index < -0.39 is 0 Å². The summed E-state index contributed by atoms with van der Waals surface area (Å²) < 4.78 is 15.4. The van der Waals surface area contributed by atoms with Crippen molar-refractivity contribution in [1.82, 2.24) is 25.1 Å². The Morgan fingerprint density at radius 3 is 3.05 bits per heavy atom. The molecule has 1 atom stereocenters. The molecule has 6 nitrogen and oxygen atoms in total. The van der Waals surface area contributed by atoms with E-state index >= 15 is 0 Å². The minimum absolute atomic E-state index is 0.259. The van der Waals surface area contributed by atoms with E-state index in [1.165, 1.54) is 29.9 Å². The summed E-state index contributed by atoms with van der Waals surface area (Å²) >= 11 is 0. The molecule has 1 unspecified atom stereocenters. The van der Waals surface area contributed by atoms with E-state index in [-0.39, 0.29) is 5.82 Å². The molecule has 2 heterocycles. The maximum atomic E-state index is 13.9. The van der Waals surface area contributed by atoms with Crippen LogP contribution in [0.25, 0.3) is 5.69 Å². The van der Waals surface area contributed by atoms with Gasteiger partial charge in [0.15, 0.2) is 0 Å². The van der Waals surface area contributed by atoms with Crippen LogP contribution < -0.4 is 5.32 Å². The van der Waals surface area contributed by atoms with Gasteiger partial charge in [-0.15, -0.1) is 5.10 Å². The number of nitrogens with zero attached hydrogens (tertiary/aromatic N) is 5. The van der Waals surface area contributed by atoms with Crippen molar-refractivity contribution >= 4 is 5.69 Å². The molecule has 1 aromatic heterocycles.